The zero-order chi connectivity index (χ0) is 12.3. The first-order chi connectivity index (χ1) is 8.15. The van der Waals surface area contributed by atoms with Gasteiger partial charge in [-0.1, -0.05) is 11.6 Å². The SMILES string of the molecule is Oc1cc(F)cc(CNc2cnccc2Cl)c1. The third-order valence-electron chi connectivity index (χ3n) is 2.19. The smallest absolute Gasteiger partial charge is 0.127 e. The van der Waals surface area contributed by atoms with Gasteiger partial charge in [0.05, 0.1) is 16.9 Å². The average molecular weight is 253 g/mol. The lowest BCUT2D eigenvalue weighted by Crippen LogP contribution is -2.00. The Morgan fingerprint density at radius 2 is 2.18 bits per heavy atom. The quantitative estimate of drug-likeness (QED) is 0.882. The number of nitrogens with zero attached hydrogens (tertiary/aromatic N) is 1. The molecule has 2 aromatic rings. The Hall–Kier alpha value is -1.81. The van der Waals surface area contributed by atoms with Gasteiger partial charge in [0.15, 0.2) is 0 Å². The van der Waals surface area contributed by atoms with Crippen LogP contribution in [-0.2, 0) is 6.54 Å². The van der Waals surface area contributed by atoms with Crippen LogP contribution in [0.5, 0.6) is 5.75 Å². The molecule has 3 nitrogen and oxygen atoms in total. The van der Waals surface area contributed by atoms with E-state index in [1.54, 1.807) is 18.5 Å². The summed E-state index contributed by atoms with van der Waals surface area (Å²) >= 11 is 5.93. The number of anilines is 1. The molecular weight excluding hydrogens is 243 g/mol. The summed E-state index contributed by atoms with van der Waals surface area (Å²) in [7, 11) is 0. The minimum absolute atomic E-state index is 0.0981. The van der Waals surface area contributed by atoms with Crippen LogP contribution in [0.4, 0.5) is 10.1 Å². The molecule has 0 aliphatic rings. The van der Waals surface area contributed by atoms with Crippen LogP contribution < -0.4 is 5.32 Å². The van der Waals surface area contributed by atoms with Gasteiger partial charge in [-0.15, -0.1) is 0 Å². The van der Waals surface area contributed by atoms with E-state index in [9.17, 15) is 9.50 Å². The molecule has 5 heteroatoms. The fourth-order valence-electron chi connectivity index (χ4n) is 1.44. The molecule has 0 fully saturated rings. The van der Waals surface area contributed by atoms with Crippen LogP contribution >= 0.6 is 11.6 Å². The van der Waals surface area contributed by atoms with Crippen LogP contribution in [0.1, 0.15) is 5.56 Å². The number of phenols is 1. The molecular formula is C12H10ClFN2O. The number of aromatic nitrogens is 1. The predicted octanol–water partition coefficient (Wildman–Crippen LogP) is 3.19. The Morgan fingerprint density at radius 3 is 2.88 bits per heavy atom. The van der Waals surface area contributed by atoms with Crippen molar-refractivity contribution in [2.24, 2.45) is 0 Å². The van der Waals surface area contributed by atoms with Gasteiger partial charge in [-0.3, -0.25) is 4.98 Å². The number of benzene rings is 1. The van der Waals surface area contributed by atoms with Crippen LogP contribution in [0.25, 0.3) is 0 Å². The van der Waals surface area contributed by atoms with Gasteiger partial charge in [0, 0.05) is 18.8 Å². The summed E-state index contributed by atoms with van der Waals surface area (Å²) in [5, 5.41) is 12.8. The van der Waals surface area contributed by atoms with Gasteiger partial charge < -0.3 is 10.4 Å². The normalized spacial score (nSPS) is 10.2. The van der Waals surface area contributed by atoms with Gasteiger partial charge in [-0.05, 0) is 23.8 Å². The van der Waals surface area contributed by atoms with Crippen molar-refractivity contribution >= 4 is 17.3 Å². The van der Waals surface area contributed by atoms with Crippen molar-refractivity contribution in [3.05, 3.63) is 53.1 Å². The van der Waals surface area contributed by atoms with E-state index in [1.165, 1.54) is 12.1 Å². The lowest BCUT2D eigenvalue weighted by atomic mass is 10.2. The predicted molar refractivity (Wildman–Crippen MR) is 64.6 cm³/mol. The number of hydrogen-bond acceptors (Lipinski definition) is 3. The highest BCUT2D eigenvalue weighted by Crippen LogP contribution is 2.21. The van der Waals surface area contributed by atoms with Crippen molar-refractivity contribution in [3.63, 3.8) is 0 Å². The number of rotatable bonds is 3. The van der Waals surface area contributed by atoms with Gasteiger partial charge in [-0.25, -0.2) is 4.39 Å². The van der Waals surface area contributed by atoms with E-state index >= 15 is 0 Å². The highest BCUT2D eigenvalue weighted by atomic mass is 35.5. The Kier molecular flexibility index (Phi) is 3.44. The maximum absolute atomic E-state index is 13.0. The van der Waals surface area contributed by atoms with Gasteiger partial charge in [0.1, 0.15) is 11.6 Å². The van der Waals surface area contributed by atoms with Crippen molar-refractivity contribution in [1.29, 1.82) is 0 Å². The molecule has 0 bridgehead atoms. The maximum atomic E-state index is 13.0. The molecule has 0 atom stereocenters. The second-order valence-electron chi connectivity index (χ2n) is 3.53. The summed E-state index contributed by atoms with van der Waals surface area (Å²) in [4.78, 5) is 3.92. The summed E-state index contributed by atoms with van der Waals surface area (Å²) in [6.45, 7) is 0.358. The Labute approximate surface area is 103 Å². The Morgan fingerprint density at radius 1 is 1.35 bits per heavy atom. The van der Waals surface area contributed by atoms with Gasteiger partial charge >= 0.3 is 0 Å². The number of hydrogen-bond donors (Lipinski definition) is 2. The van der Waals surface area contributed by atoms with Gasteiger partial charge in [-0.2, -0.15) is 0 Å². The van der Waals surface area contributed by atoms with Gasteiger partial charge in [0.25, 0.3) is 0 Å². The topological polar surface area (TPSA) is 45.1 Å². The minimum atomic E-state index is -0.473. The zero-order valence-electron chi connectivity index (χ0n) is 8.82. The van der Waals surface area contributed by atoms with E-state index in [1.807, 2.05) is 0 Å². The molecule has 1 aromatic heterocycles. The van der Waals surface area contributed by atoms with Crippen LogP contribution in [0.3, 0.4) is 0 Å². The molecule has 0 saturated heterocycles. The maximum Gasteiger partial charge on any atom is 0.127 e. The third kappa shape index (κ3) is 3.07. The van der Waals surface area contributed by atoms with E-state index in [0.29, 0.717) is 22.8 Å². The molecule has 2 N–H and O–H groups in total. The summed E-state index contributed by atoms with van der Waals surface area (Å²) < 4.78 is 13.0. The number of phenolic OH excluding ortho intramolecular Hbond substituents is 1. The molecule has 0 saturated carbocycles. The molecule has 0 spiro atoms. The van der Waals surface area contributed by atoms with Crippen LogP contribution in [0.2, 0.25) is 5.02 Å². The van der Waals surface area contributed by atoms with E-state index in [-0.39, 0.29) is 5.75 Å². The Balaban J connectivity index is 2.10. The molecule has 0 aliphatic heterocycles. The second-order valence-corrected chi connectivity index (χ2v) is 3.93. The zero-order valence-corrected chi connectivity index (χ0v) is 9.58. The lowest BCUT2D eigenvalue weighted by Gasteiger charge is -2.08. The molecule has 0 radical (unpaired) electrons. The number of pyridine rings is 1. The fourth-order valence-corrected chi connectivity index (χ4v) is 1.61. The summed E-state index contributed by atoms with van der Waals surface area (Å²) in [5.74, 6) is -0.571. The third-order valence-corrected chi connectivity index (χ3v) is 2.52. The molecule has 17 heavy (non-hydrogen) atoms. The number of nitrogens with one attached hydrogen (secondary N) is 1. The Bertz CT molecular complexity index is 513. The fraction of sp³-hybridized carbons (Fsp3) is 0.0833. The molecule has 88 valence electrons. The first-order valence-electron chi connectivity index (χ1n) is 4.97. The number of aromatic hydroxyl groups is 1. The van der Waals surface area contributed by atoms with Crippen molar-refractivity contribution in [3.8, 4) is 5.75 Å². The monoisotopic (exact) mass is 252 g/mol. The molecule has 0 amide bonds. The van der Waals surface area contributed by atoms with E-state index in [0.717, 1.165) is 6.07 Å². The second kappa shape index (κ2) is 5.01. The summed E-state index contributed by atoms with van der Waals surface area (Å²) in [6.07, 6.45) is 3.17. The van der Waals surface area contributed by atoms with Crippen LogP contribution in [0, 0.1) is 5.82 Å². The van der Waals surface area contributed by atoms with E-state index in [2.05, 4.69) is 10.3 Å². The standard InChI is InChI=1S/C12H10ClFN2O/c13-11-1-2-15-7-12(11)16-6-8-3-9(14)5-10(17)4-8/h1-5,7,16-17H,6H2. The summed E-state index contributed by atoms with van der Waals surface area (Å²) in [5.41, 5.74) is 1.29. The van der Waals surface area contributed by atoms with E-state index < -0.39 is 5.82 Å². The minimum Gasteiger partial charge on any atom is -0.508 e. The van der Waals surface area contributed by atoms with Crippen molar-refractivity contribution in [2.45, 2.75) is 6.54 Å². The van der Waals surface area contributed by atoms with Crippen molar-refractivity contribution in [2.75, 3.05) is 5.32 Å². The first-order valence-corrected chi connectivity index (χ1v) is 5.35. The molecule has 1 aromatic carbocycles. The molecule has 1 heterocycles. The lowest BCUT2D eigenvalue weighted by molar-refractivity contribution is 0.468. The first kappa shape index (κ1) is 11.7. The molecule has 0 unspecified atom stereocenters. The number of halogens is 2. The van der Waals surface area contributed by atoms with E-state index in [4.69, 9.17) is 11.6 Å². The van der Waals surface area contributed by atoms with Crippen LogP contribution in [0.15, 0.2) is 36.7 Å². The van der Waals surface area contributed by atoms with Crippen molar-refractivity contribution < 1.29 is 9.50 Å². The average Bonchev–Trinajstić information content (AvgIpc) is 2.27. The highest BCUT2D eigenvalue weighted by Gasteiger charge is 2.02. The molecule has 0 aliphatic carbocycles. The molecule has 2 rings (SSSR count). The van der Waals surface area contributed by atoms with Crippen LogP contribution in [-0.4, -0.2) is 10.1 Å². The van der Waals surface area contributed by atoms with Gasteiger partial charge in [0.2, 0.25) is 0 Å². The van der Waals surface area contributed by atoms with Crippen molar-refractivity contribution in [1.82, 2.24) is 4.98 Å². The summed E-state index contributed by atoms with van der Waals surface area (Å²) in [6, 6.07) is 5.55. The highest BCUT2D eigenvalue weighted by molar-refractivity contribution is 6.33. The largest absolute Gasteiger partial charge is 0.508 e.